The lowest BCUT2D eigenvalue weighted by Gasteiger charge is -2.36. The Balaban J connectivity index is 1.43. The predicted octanol–water partition coefficient (Wildman–Crippen LogP) is 2.89. The summed E-state index contributed by atoms with van der Waals surface area (Å²) in [6.07, 6.45) is 0. The van der Waals surface area contributed by atoms with Crippen molar-refractivity contribution in [3.8, 4) is 11.5 Å². The number of piperazine rings is 1. The Labute approximate surface area is 175 Å². The fraction of sp³-hybridized carbons (Fsp3) is 0.250. The average Bonchev–Trinajstić information content (AvgIpc) is 3.07. The van der Waals surface area contributed by atoms with Gasteiger partial charge in [0.1, 0.15) is 28.9 Å². The van der Waals surface area contributed by atoms with E-state index < -0.39 is 0 Å². The number of ether oxygens (including phenoxy) is 1. The Morgan fingerprint density at radius 1 is 1.10 bits per heavy atom. The first-order valence-electron chi connectivity index (χ1n) is 9.52. The van der Waals surface area contributed by atoms with E-state index in [1.165, 1.54) is 12.1 Å². The molecule has 0 saturated carbocycles. The lowest BCUT2D eigenvalue weighted by Crippen LogP contribution is -2.48. The van der Waals surface area contributed by atoms with E-state index in [4.69, 9.17) is 21.3 Å². The fourth-order valence-corrected chi connectivity index (χ4v) is 3.85. The zero-order valence-electron chi connectivity index (χ0n) is 15.9. The summed E-state index contributed by atoms with van der Waals surface area (Å²) in [4.78, 5) is 23.0. The molecule has 3 heterocycles. The molecular weight excluding hydrogens is 411 g/mol. The molecule has 3 aromatic rings. The summed E-state index contributed by atoms with van der Waals surface area (Å²) < 4.78 is 19.9. The fourth-order valence-electron chi connectivity index (χ4n) is 3.67. The number of benzene rings is 2. The van der Waals surface area contributed by atoms with Crippen molar-refractivity contribution < 1.29 is 9.13 Å². The number of nitrogens with zero attached hydrogens (tertiary/aromatic N) is 4. The minimum atomic E-state index is -0.373. The van der Waals surface area contributed by atoms with Crippen LogP contribution in [0.5, 0.6) is 11.5 Å². The van der Waals surface area contributed by atoms with Gasteiger partial charge in [-0.1, -0.05) is 11.6 Å². The van der Waals surface area contributed by atoms with Gasteiger partial charge in [0.05, 0.1) is 12.1 Å². The Bertz CT molecular complexity index is 1180. The number of rotatable bonds is 2. The second kappa shape index (κ2) is 7.58. The van der Waals surface area contributed by atoms with Crippen molar-refractivity contribution in [3.63, 3.8) is 0 Å². The highest BCUT2D eigenvalue weighted by Crippen LogP contribution is 2.39. The topological polar surface area (TPSA) is 89.6 Å². The molecule has 2 aromatic carbocycles. The molecule has 0 aliphatic carbocycles. The van der Waals surface area contributed by atoms with E-state index in [0.29, 0.717) is 53.5 Å². The number of hydrogen-bond donors (Lipinski definition) is 2. The van der Waals surface area contributed by atoms with E-state index in [2.05, 4.69) is 25.0 Å². The lowest BCUT2D eigenvalue weighted by molar-refractivity contribution is 0.172. The number of aromatic amines is 2. The van der Waals surface area contributed by atoms with Gasteiger partial charge in [0.25, 0.3) is 0 Å². The van der Waals surface area contributed by atoms with Crippen LogP contribution in [0.2, 0.25) is 5.02 Å². The zero-order chi connectivity index (χ0) is 20.7. The van der Waals surface area contributed by atoms with E-state index in [1.54, 1.807) is 18.2 Å². The number of aromatic nitrogens is 3. The minimum absolute atomic E-state index is 0.309. The molecule has 30 heavy (non-hydrogen) atoms. The van der Waals surface area contributed by atoms with Gasteiger partial charge >= 0.3 is 5.69 Å². The second-order valence-corrected chi connectivity index (χ2v) is 7.61. The number of fused-ring (bicyclic) bond motifs is 2. The summed E-state index contributed by atoms with van der Waals surface area (Å²) in [5, 5.41) is 6.92. The molecule has 0 unspecified atom stereocenters. The lowest BCUT2D eigenvalue weighted by atomic mass is 10.1. The van der Waals surface area contributed by atoms with Gasteiger partial charge in [0, 0.05) is 37.3 Å². The smallest absolute Gasteiger partial charge is 0.340 e. The Hall–Kier alpha value is -3.17. The molecule has 1 fully saturated rings. The molecule has 0 atom stereocenters. The average molecular weight is 429 g/mol. The van der Waals surface area contributed by atoms with Gasteiger partial charge < -0.3 is 9.64 Å². The standard InChI is InChI=1S/C20H18ClFN6O2/c21-12-1-3-16-14(9-12)19(23-15-10-13(22)2-4-17(15)30-16)28-7-5-27(6-8-28)11-18-24-20(29)26-25-18/h1-4,9-10H,5-8,11H2,(H2,24,25,26,29). The molecular formula is C20H18ClFN6O2. The highest BCUT2D eigenvalue weighted by Gasteiger charge is 2.26. The van der Waals surface area contributed by atoms with Crippen molar-refractivity contribution in [1.82, 2.24) is 25.0 Å². The van der Waals surface area contributed by atoms with Crippen LogP contribution in [-0.4, -0.2) is 57.0 Å². The third-order valence-electron chi connectivity index (χ3n) is 5.15. The van der Waals surface area contributed by atoms with E-state index >= 15 is 0 Å². The number of nitrogens with one attached hydrogen (secondary N) is 2. The first-order valence-corrected chi connectivity index (χ1v) is 9.90. The van der Waals surface area contributed by atoms with Crippen LogP contribution < -0.4 is 10.4 Å². The van der Waals surface area contributed by atoms with E-state index in [1.807, 2.05) is 6.07 Å². The number of hydrogen-bond acceptors (Lipinski definition) is 6. The largest absolute Gasteiger partial charge is 0.454 e. The van der Waals surface area contributed by atoms with Crippen LogP contribution in [0.1, 0.15) is 11.4 Å². The molecule has 0 spiro atoms. The van der Waals surface area contributed by atoms with Gasteiger partial charge in [0.2, 0.25) is 0 Å². The third kappa shape index (κ3) is 3.69. The Morgan fingerprint density at radius 3 is 2.67 bits per heavy atom. The van der Waals surface area contributed by atoms with Crippen LogP contribution in [0.4, 0.5) is 10.1 Å². The quantitative estimate of drug-likeness (QED) is 0.655. The van der Waals surface area contributed by atoms with Crippen LogP contribution >= 0.6 is 11.6 Å². The molecule has 5 rings (SSSR count). The van der Waals surface area contributed by atoms with Crippen molar-refractivity contribution in [2.75, 3.05) is 26.2 Å². The first-order chi connectivity index (χ1) is 14.5. The maximum Gasteiger partial charge on any atom is 0.340 e. The summed E-state index contributed by atoms with van der Waals surface area (Å²) in [6.45, 7) is 3.45. The maximum absolute atomic E-state index is 13.8. The van der Waals surface area contributed by atoms with Gasteiger partial charge in [-0.3, -0.25) is 9.88 Å². The molecule has 0 amide bonds. The molecule has 2 aliphatic heterocycles. The van der Waals surface area contributed by atoms with Crippen molar-refractivity contribution >= 4 is 23.1 Å². The van der Waals surface area contributed by atoms with Crippen LogP contribution in [-0.2, 0) is 6.54 Å². The van der Waals surface area contributed by atoms with Crippen molar-refractivity contribution in [1.29, 1.82) is 0 Å². The number of H-pyrrole nitrogens is 2. The third-order valence-corrected chi connectivity index (χ3v) is 5.38. The van der Waals surface area contributed by atoms with Crippen LogP contribution in [0.15, 0.2) is 46.2 Å². The molecule has 1 saturated heterocycles. The first kappa shape index (κ1) is 18.8. The number of halogens is 2. The van der Waals surface area contributed by atoms with Crippen molar-refractivity contribution in [2.24, 2.45) is 4.99 Å². The molecule has 2 N–H and O–H groups in total. The van der Waals surface area contributed by atoms with Crippen LogP contribution in [0, 0.1) is 5.82 Å². The highest BCUT2D eigenvalue weighted by molar-refractivity contribution is 6.31. The SMILES string of the molecule is O=c1[nH]nc(CN2CCN(C3=Nc4cc(F)ccc4Oc4ccc(Cl)cc43)CC2)[nH]1. The van der Waals surface area contributed by atoms with Gasteiger partial charge in [0.15, 0.2) is 5.75 Å². The van der Waals surface area contributed by atoms with E-state index in [-0.39, 0.29) is 11.5 Å². The van der Waals surface area contributed by atoms with Gasteiger partial charge in [-0.15, -0.1) is 0 Å². The highest BCUT2D eigenvalue weighted by atomic mass is 35.5. The summed E-state index contributed by atoms with van der Waals surface area (Å²) in [5.41, 5.74) is 0.897. The number of aliphatic imine (C=N–C) groups is 1. The molecule has 0 radical (unpaired) electrons. The van der Waals surface area contributed by atoms with Crippen molar-refractivity contribution in [3.05, 3.63) is 69.1 Å². The monoisotopic (exact) mass is 428 g/mol. The Kier molecular flexibility index (Phi) is 4.76. The normalized spacial score (nSPS) is 16.3. The van der Waals surface area contributed by atoms with Gasteiger partial charge in [-0.25, -0.2) is 19.3 Å². The van der Waals surface area contributed by atoms with Crippen LogP contribution in [0.25, 0.3) is 0 Å². The zero-order valence-corrected chi connectivity index (χ0v) is 16.6. The molecule has 0 bridgehead atoms. The molecule has 10 heteroatoms. The summed E-state index contributed by atoms with van der Waals surface area (Å²) in [5.74, 6) is 2.05. The van der Waals surface area contributed by atoms with E-state index in [9.17, 15) is 9.18 Å². The summed E-state index contributed by atoms with van der Waals surface area (Å²) >= 11 is 6.25. The molecule has 2 aliphatic rings. The maximum atomic E-state index is 13.8. The van der Waals surface area contributed by atoms with Crippen molar-refractivity contribution in [2.45, 2.75) is 6.54 Å². The minimum Gasteiger partial charge on any atom is -0.454 e. The van der Waals surface area contributed by atoms with Crippen LogP contribution in [0.3, 0.4) is 0 Å². The van der Waals surface area contributed by atoms with Gasteiger partial charge in [-0.2, -0.15) is 5.10 Å². The van der Waals surface area contributed by atoms with E-state index in [0.717, 1.165) is 18.7 Å². The van der Waals surface area contributed by atoms with Gasteiger partial charge in [-0.05, 0) is 30.3 Å². The molecule has 8 nitrogen and oxygen atoms in total. The predicted molar refractivity (Wildman–Crippen MR) is 110 cm³/mol. The Morgan fingerprint density at radius 2 is 1.90 bits per heavy atom. The second-order valence-electron chi connectivity index (χ2n) is 7.18. The summed E-state index contributed by atoms with van der Waals surface area (Å²) in [6, 6.07) is 9.68. The molecule has 1 aromatic heterocycles. The summed E-state index contributed by atoms with van der Waals surface area (Å²) in [7, 11) is 0. The number of amidine groups is 1. The molecule has 154 valence electrons.